The van der Waals surface area contributed by atoms with E-state index in [2.05, 4.69) is 32.0 Å². The average Bonchev–Trinajstić information content (AvgIpc) is 4.05. The van der Waals surface area contributed by atoms with Crippen molar-refractivity contribution in [2.24, 2.45) is 0 Å². The van der Waals surface area contributed by atoms with E-state index in [0.717, 1.165) is 48.6 Å². The fraction of sp³-hybridized carbons (Fsp3) is 0.565. The number of aliphatic carboxylic acids is 2. The summed E-state index contributed by atoms with van der Waals surface area (Å²) in [5, 5.41) is 31.6. The van der Waals surface area contributed by atoms with Gasteiger partial charge in [-0.3, -0.25) is 9.36 Å². The summed E-state index contributed by atoms with van der Waals surface area (Å²) in [5.74, 6) is 1.04. The van der Waals surface area contributed by atoms with Crippen LogP contribution in [0.4, 0.5) is 0 Å². The van der Waals surface area contributed by atoms with Crippen LogP contribution >= 0.6 is 0 Å². The monoisotopic (exact) mass is 870 g/mol. The molecule has 0 N–H and O–H groups in total. The molecule has 328 valence electrons. The molecule has 2 aromatic heterocycles. The topological polar surface area (TPSA) is 171 Å². The SMILES string of the molecule is CCOc1nn(C2CCCC2)cc1CCCOc1cccc(OC(C)(C)C(=O)[O-])c1.CCOc1nn(C2CCCC2)cc1CCCOc1cccc(OC(C)(C)C(=O)[O-])c1.[Ca+2]. The van der Waals surface area contributed by atoms with Crippen LogP contribution in [-0.4, -0.2) is 107 Å². The zero-order valence-corrected chi connectivity index (χ0v) is 39.0. The number of nitrogens with zero attached hydrogens (tertiary/aromatic N) is 4. The molecule has 0 amide bonds. The first-order valence-corrected chi connectivity index (χ1v) is 21.5. The largest absolute Gasteiger partial charge is 2.00 e. The summed E-state index contributed by atoms with van der Waals surface area (Å²) in [7, 11) is 0. The molecule has 2 heterocycles. The normalized spacial score (nSPS) is 14.4. The maximum Gasteiger partial charge on any atom is 2.00 e. The summed E-state index contributed by atoms with van der Waals surface area (Å²) in [6.07, 6.45) is 17.3. The number of aromatic nitrogens is 4. The van der Waals surface area contributed by atoms with Crippen LogP contribution in [0.5, 0.6) is 34.8 Å². The summed E-state index contributed by atoms with van der Waals surface area (Å²) in [5.41, 5.74) is -0.595. The maximum absolute atomic E-state index is 11.1. The predicted molar refractivity (Wildman–Crippen MR) is 227 cm³/mol. The predicted octanol–water partition coefficient (Wildman–Crippen LogP) is 6.25. The first-order valence-electron chi connectivity index (χ1n) is 21.5. The van der Waals surface area contributed by atoms with Crippen LogP contribution in [0, 0.1) is 0 Å². The molecule has 0 radical (unpaired) electrons. The van der Waals surface area contributed by atoms with E-state index in [4.69, 9.17) is 28.4 Å². The number of ether oxygens (including phenoxy) is 6. The molecule has 6 rings (SSSR count). The van der Waals surface area contributed by atoms with Gasteiger partial charge in [-0.15, -0.1) is 10.2 Å². The van der Waals surface area contributed by atoms with Gasteiger partial charge in [0.05, 0.1) is 50.4 Å². The third-order valence-corrected chi connectivity index (χ3v) is 10.6. The van der Waals surface area contributed by atoms with Crippen LogP contribution in [0.25, 0.3) is 0 Å². The fourth-order valence-electron chi connectivity index (χ4n) is 7.23. The van der Waals surface area contributed by atoms with E-state index in [1.165, 1.54) is 79.1 Å². The van der Waals surface area contributed by atoms with Gasteiger partial charge < -0.3 is 48.2 Å². The number of aryl methyl sites for hydroxylation is 2. The van der Waals surface area contributed by atoms with Crippen molar-refractivity contribution in [1.29, 1.82) is 0 Å². The third-order valence-electron chi connectivity index (χ3n) is 10.6. The molecule has 2 aliphatic rings. The van der Waals surface area contributed by atoms with Crippen molar-refractivity contribution < 1.29 is 48.2 Å². The zero-order valence-electron chi connectivity index (χ0n) is 36.8. The van der Waals surface area contributed by atoms with Crippen LogP contribution < -0.4 is 38.6 Å². The summed E-state index contributed by atoms with van der Waals surface area (Å²) in [4.78, 5) is 22.3. The van der Waals surface area contributed by atoms with E-state index >= 15 is 0 Å². The Kier molecular flexibility index (Phi) is 19.4. The van der Waals surface area contributed by atoms with E-state index in [1.54, 1.807) is 36.4 Å². The molecule has 0 saturated heterocycles. The van der Waals surface area contributed by atoms with Crippen molar-refractivity contribution in [1.82, 2.24) is 19.6 Å². The molecular formula is C46H62CaN4O10. The third kappa shape index (κ3) is 15.0. The molecule has 0 bridgehead atoms. The molecule has 2 saturated carbocycles. The minimum atomic E-state index is -1.41. The van der Waals surface area contributed by atoms with Crippen LogP contribution in [-0.2, 0) is 22.4 Å². The van der Waals surface area contributed by atoms with Crippen molar-refractivity contribution in [3.05, 3.63) is 72.1 Å². The number of hydrogen-bond donors (Lipinski definition) is 0. The van der Waals surface area contributed by atoms with Gasteiger partial charge in [-0.2, -0.15) is 0 Å². The van der Waals surface area contributed by atoms with Gasteiger partial charge in [-0.25, -0.2) is 0 Å². The molecule has 0 spiro atoms. The molecule has 0 atom stereocenters. The summed E-state index contributed by atoms with van der Waals surface area (Å²) in [6.45, 7) is 12.0. The second-order valence-corrected chi connectivity index (χ2v) is 16.3. The van der Waals surface area contributed by atoms with Crippen molar-refractivity contribution in [3.63, 3.8) is 0 Å². The van der Waals surface area contributed by atoms with Crippen molar-refractivity contribution in [2.75, 3.05) is 26.4 Å². The van der Waals surface area contributed by atoms with Crippen LogP contribution in [0.3, 0.4) is 0 Å². The summed E-state index contributed by atoms with van der Waals surface area (Å²) < 4.78 is 38.3. The molecule has 61 heavy (non-hydrogen) atoms. The number of rotatable bonds is 22. The fourth-order valence-corrected chi connectivity index (χ4v) is 7.23. The second-order valence-electron chi connectivity index (χ2n) is 16.3. The molecule has 0 unspecified atom stereocenters. The smallest absolute Gasteiger partial charge is 0.546 e. The minimum absolute atomic E-state index is 0. The van der Waals surface area contributed by atoms with E-state index < -0.39 is 23.1 Å². The molecule has 0 aliphatic heterocycles. The molecular weight excluding hydrogens is 809 g/mol. The van der Waals surface area contributed by atoms with Gasteiger partial charge in [0.25, 0.3) is 0 Å². The van der Waals surface area contributed by atoms with Crippen molar-refractivity contribution >= 4 is 49.7 Å². The summed E-state index contributed by atoms with van der Waals surface area (Å²) in [6, 6.07) is 14.9. The Balaban J connectivity index is 0.000000264. The van der Waals surface area contributed by atoms with E-state index in [-0.39, 0.29) is 37.7 Å². The van der Waals surface area contributed by atoms with Gasteiger partial charge in [0.15, 0.2) is 0 Å². The van der Waals surface area contributed by atoms with Gasteiger partial charge in [0, 0.05) is 35.7 Å². The van der Waals surface area contributed by atoms with Crippen molar-refractivity contribution in [3.8, 4) is 34.8 Å². The molecule has 4 aromatic rings. The first kappa shape index (κ1) is 49.5. The minimum Gasteiger partial charge on any atom is -0.546 e. The molecule has 2 aromatic carbocycles. The molecule has 14 nitrogen and oxygen atoms in total. The van der Waals surface area contributed by atoms with Crippen molar-refractivity contribution in [2.45, 2.75) is 142 Å². The van der Waals surface area contributed by atoms with Crippen LogP contribution in [0.1, 0.15) is 129 Å². The second kappa shape index (κ2) is 23.9. The van der Waals surface area contributed by atoms with Crippen LogP contribution in [0.15, 0.2) is 60.9 Å². The number of carboxylic acid groups (broad SMARTS) is 2. The first-order chi connectivity index (χ1) is 28.8. The van der Waals surface area contributed by atoms with E-state index in [9.17, 15) is 19.8 Å². The van der Waals surface area contributed by atoms with Crippen LogP contribution in [0.2, 0.25) is 0 Å². The molecule has 2 aliphatic carbocycles. The Labute approximate surface area is 390 Å². The molecule has 15 heteroatoms. The van der Waals surface area contributed by atoms with Gasteiger partial charge in [0.2, 0.25) is 11.8 Å². The Morgan fingerprint density at radius 2 is 0.984 bits per heavy atom. The Bertz CT molecular complexity index is 1830. The average molecular weight is 871 g/mol. The number of hydrogen-bond acceptors (Lipinski definition) is 12. The van der Waals surface area contributed by atoms with E-state index in [0.29, 0.717) is 61.5 Å². The van der Waals surface area contributed by atoms with Gasteiger partial charge >= 0.3 is 37.7 Å². The maximum atomic E-state index is 11.1. The molecule has 2 fully saturated rings. The number of benzene rings is 2. The van der Waals surface area contributed by atoms with E-state index in [1.807, 2.05) is 26.0 Å². The van der Waals surface area contributed by atoms with Gasteiger partial charge in [-0.05, 0) is 117 Å². The Hall–Kier alpha value is -4.14. The standard InChI is InChI=1S/2C23H32N2O5.Ca/c2*1-4-28-21-17(16-25(24-21)18-10-5-6-11-18)9-8-14-29-19-12-7-13-20(15-19)30-23(2,3)22(26)27;/h2*7,12-13,15-16,18H,4-6,8-11,14H2,1-3H3,(H,26,27);/q;;+2/p-2. The number of carboxylic acids is 2. The van der Waals surface area contributed by atoms with Gasteiger partial charge in [-0.1, -0.05) is 37.8 Å². The number of carbonyl (C=O) groups is 2. The quantitative estimate of drug-likeness (QED) is 0.0644. The Morgan fingerprint density at radius 3 is 1.33 bits per heavy atom. The zero-order chi connectivity index (χ0) is 43.1. The number of carbonyl (C=O) groups excluding carboxylic acids is 2. The summed E-state index contributed by atoms with van der Waals surface area (Å²) >= 11 is 0. The Morgan fingerprint density at radius 1 is 0.623 bits per heavy atom. The van der Waals surface area contributed by atoms with Gasteiger partial charge in [0.1, 0.15) is 34.2 Å².